The highest BCUT2D eigenvalue weighted by atomic mass is 79.9. The molecule has 1 aromatic carbocycles. The minimum absolute atomic E-state index is 0.0885. The van der Waals surface area contributed by atoms with E-state index in [2.05, 4.69) is 15.9 Å². The predicted octanol–water partition coefficient (Wildman–Crippen LogP) is 4.22. The molecule has 0 unspecified atom stereocenters. The van der Waals surface area contributed by atoms with Gasteiger partial charge < -0.3 is 14.6 Å². The van der Waals surface area contributed by atoms with Crippen molar-refractivity contribution in [2.75, 3.05) is 7.11 Å². The second-order valence-electron chi connectivity index (χ2n) is 6.46. The fourth-order valence-electron chi connectivity index (χ4n) is 3.76. The van der Waals surface area contributed by atoms with E-state index in [1.165, 1.54) is 0 Å². The Morgan fingerprint density at radius 1 is 1.26 bits per heavy atom. The van der Waals surface area contributed by atoms with Crippen molar-refractivity contribution >= 4 is 27.5 Å². The Bertz CT molecular complexity index is 661. The number of hydrogen-bond donors (Lipinski definition) is 1. The summed E-state index contributed by atoms with van der Waals surface area (Å²) in [5, 5.41) is 10.8. The second kappa shape index (κ2) is 5.95. The maximum atomic E-state index is 12.5. The standard InChI is InChI=1S/C18H21BrO4/c1-10-8-12(19)9-11(2)14(10)15-16(20)18(23-17(15)21)6-4-13(22-3)5-7-18/h8-9,13,20H,4-7H2,1-3H3. The fraction of sp³-hybridized carbons (Fsp3) is 0.500. The number of halogens is 1. The fourth-order valence-corrected chi connectivity index (χ4v) is 4.45. The number of aliphatic hydroxyl groups excluding tert-OH is 1. The lowest BCUT2D eigenvalue weighted by Crippen LogP contribution is -2.38. The maximum Gasteiger partial charge on any atom is 0.343 e. The van der Waals surface area contributed by atoms with Crippen molar-refractivity contribution in [3.63, 3.8) is 0 Å². The van der Waals surface area contributed by atoms with Crippen LogP contribution in [0, 0.1) is 13.8 Å². The van der Waals surface area contributed by atoms with E-state index < -0.39 is 11.6 Å². The molecule has 1 aliphatic heterocycles. The molecule has 2 aliphatic rings. The smallest absolute Gasteiger partial charge is 0.343 e. The van der Waals surface area contributed by atoms with Gasteiger partial charge >= 0.3 is 5.97 Å². The van der Waals surface area contributed by atoms with Crippen LogP contribution < -0.4 is 0 Å². The zero-order chi connectivity index (χ0) is 16.8. The molecule has 124 valence electrons. The number of ether oxygens (including phenoxy) is 2. The molecule has 1 heterocycles. The highest BCUT2D eigenvalue weighted by molar-refractivity contribution is 9.10. The summed E-state index contributed by atoms with van der Waals surface area (Å²) in [5.74, 6) is -0.336. The Labute approximate surface area is 144 Å². The largest absolute Gasteiger partial charge is 0.507 e. The third kappa shape index (κ3) is 2.70. The first-order chi connectivity index (χ1) is 10.9. The lowest BCUT2D eigenvalue weighted by Gasteiger charge is -2.35. The third-order valence-corrected chi connectivity index (χ3v) is 5.44. The number of aryl methyl sites for hydroxylation is 2. The lowest BCUT2D eigenvalue weighted by molar-refractivity contribution is -0.151. The van der Waals surface area contributed by atoms with Gasteiger partial charge in [0.15, 0.2) is 11.4 Å². The molecule has 23 heavy (non-hydrogen) atoms. The average molecular weight is 381 g/mol. The summed E-state index contributed by atoms with van der Waals surface area (Å²) in [7, 11) is 1.69. The van der Waals surface area contributed by atoms with Gasteiger partial charge in [0.05, 0.1) is 6.10 Å². The van der Waals surface area contributed by atoms with E-state index in [9.17, 15) is 9.90 Å². The van der Waals surface area contributed by atoms with Crippen LogP contribution in [0.25, 0.3) is 5.57 Å². The number of rotatable bonds is 2. The van der Waals surface area contributed by atoms with Crippen LogP contribution in [0.4, 0.5) is 0 Å². The first kappa shape index (κ1) is 16.5. The van der Waals surface area contributed by atoms with Crippen LogP contribution in [0.15, 0.2) is 22.4 Å². The summed E-state index contributed by atoms with van der Waals surface area (Å²) >= 11 is 3.46. The van der Waals surface area contributed by atoms with Gasteiger partial charge in [-0.25, -0.2) is 4.79 Å². The van der Waals surface area contributed by atoms with E-state index >= 15 is 0 Å². The quantitative estimate of drug-likeness (QED) is 0.780. The van der Waals surface area contributed by atoms with Gasteiger partial charge in [-0.1, -0.05) is 15.9 Å². The van der Waals surface area contributed by atoms with Gasteiger partial charge in [0.1, 0.15) is 5.57 Å². The average Bonchev–Trinajstić information content (AvgIpc) is 2.72. The van der Waals surface area contributed by atoms with Crippen LogP contribution >= 0.6 is 15.9 Å². The molecule has 1 fully saturated rings. The van der Waals surface area contributed by atoms with E-state index in [-0.39, 0.29) is 11.9 Å². The SMILES string of the molecule is COC1CCC2(CC1)OC(=O)C(c1c(C)cc(Br)cc1C)=C2O. The minimum atomic E-state index is -0.868. The highest BCUT2D eigenvalue weighted by Gasteiger charge is 2.50. The van der Waals surface area contributed by atoms with E-state index in [4.69, 9.17) is 9.47 Å². The van der Waals surface area contributed by atoms with E-state index in [0.29, 0.717) is 18.4 Å². The van der Waals surface area contributed by atoms with E-state index in [1.54, 1.807) is 7.11 Å². The number of benzene rings is 1. The lowest BCUT2D eigenvalue weighted by atomic mass is 9.80. The molecule has 0 atom stereocenters. The van der Waals surface area contributed by atoms with Crippen molar-refractivity contribution in [3.05, 3.63) is 39.1 Å². The van der Waals surface area contributed by atoms with Gasteiger partial charge in [-0.3, -0.25) is 0 Å². The minimum Gasteiger partial charge on any atom is -0.507 e. The van der Waals surface area contributed by atoms with Gasteiger partial charge in [-0.15, -0.1) is 0 Å². The molecule has 0 bridgehead atoms. The van der Waals surface area contributed by atoms with Crippen molar-refractivity contribution in [3.8, 4) is 0 Å². The van der Waals surface area contributed by atoms with E-state index in [0.717, 1.165) is 34.0 Å². The highest BCUT2D eigenvalue weighted by Crippen LogP contribution is 2.46. The Hall–Kier alpha value is -1.33. The normalized spacial score (nSPS) is 27.7. The Morgan fingerprint density at radius 3 is 2.35 bits per heavy atom. The van der Waals surface area contributed by atoms with Gasteiger partial charge in [-0.2, -0.15) is 0 Å². The summed E-state index contributed by atoms with van der Waals surface area (Å²) < 4.78 is 12.0. The number of esters is 1. The number of aliphatic hydroxyl groups is 1. The van der Waals surface area contributed by atoms with Crippen molar-refractivity contribution in [1.29, 1.82) is 0 Å². The van der Waals surface area contributed by atoms with Crippen molar-refractivity contribution in [2.45, 2.75) is 51.2 Å². The van der Waals surface area contributed by atoms with Crippen LogP contribution in [0.3, 0.4) is 0 Å². The molecule has 0 saturated heterocycles. The molecule has 1 saturated carbocycles. The third-order valence-electron chi connectivity index (χ3n) is 4.98. The molecule has 0 amide bonds. The molecule has 1 aliphatic carbocycles. The van der Waals surface area contributed by atoms with Crippen LogP contribution in [0.1, 0.15) is 42.4 Å². The Balaban J connectivity index is 2.04. The molecule has 1 N–H and O–H groups in total. The zero-order valence-electron chi connectivity index (χ0n) is 13.6. The molecular formula is C18H21BrO4. The Kier molecular flexibility index (Phi) is 4.27. The first-order valence-corrected chi connectivity index (χ1v) is 8.64. The van der Waals surface area contributed by atoms with Crippen LogP contribution in [0.2, 0.25) is 0 Å². The molecular weight excluding hydrogens is 360 g/mol. The van der Waals surface area contributed by atoms with Gasteiger partial charge in [0, 0.05) is 11.6 Å². The molecule has 1 aromatic rings. The molecule has 5 heteroatoms. The van der Waals surface area contributed by atoms with Gasteiger partial charge in [0.2, 0.25) is 0 Å². The number of carbonyl (C=O) groups is 1. The molecule has 4 nitrogen and oxygen atoms in total. The topological polar surface area (TPSA) is 55.8 Å². The number of carbonyl (C=O) groups excluding carboxylic acids is 1. The summed E-state index contributed by atoms with van der Waals surface area (Å²) in [5.41, 5.74) is 2.12. The zero-order valence-corrected chi connectivity index (χ0v) is 15.2. The van der Waals surface area contributed by atoms with Gasteiger partial charge in [-0.05, 0) is 68.4 Å². The summed E-state index contributed by atoms with van der Waals surface area (Å²) in [6.07, 6.45) is 2.92. The monoisotopic (exact) mass is 380 g/mol. The molecule has 0 radical (unpaired) electrons. The summed E-state index contributed by atoms with van der Waals surface area (Å²) in [4.78, 5) is 12.5. The van der Waals surface area contributed by atoms with E-state index in [1.807, 2.05) is 26.0 Å². The second-order valence-corrected chi connectivity index (χ2v) is 7.37. The molecule has 1 spiro atoms. The Morgan fingerprint density at radius 2 is 1.83 bits per heavy atom. The molecule has 0 aromatic heterocycles. The van der Waals surface area contributed by atoms with Crippen molar-refractivity contribution in [2.24, 2.45) is 0 Å². The summed E-state index contributed by atoms with van der Waals surface area (Å²) in [6, 6.07) is 3.89. The number of methoxy groups -OCH3 is 1. The summed E-state index contributed by atoms with van der Waals surface area (Å²) in [6.45, 7) is 3.88. The molecule has 3 rings (SSSR count). The van der Waals surface area contributed by atoms with Crippen LogP contribution in [-0.4, -0.2) is 29.9 Å². The number of hydrogen-bond acceptors (Lipinski definition) is 4. The maximum absolute atomic E-state index is 12.5. The predicted molar refractivity (Wildman–Crippen MR) is 91.3 cm³/mol. The first-order valence-electron chi connectivity index (χ1n) is 7.85. The van der Waals surface area contributed by atoms with Gasteiger partial charge in [0.25, 0.3) is 0 Å². The van der Waals surface area contributed by atoms with Crippen molar-refractivity contribution < 1.29 is 19.4 Å². The van der Waals surface area contributed by atoms with Crippen molar-refractivity contribution in [1.82, 2.24) is 0 Å². The van der Waals surface area contributed by atoms with Crippen LogP contribution in [-0.2, 0) is 14.3 Å². The van der Waals surface area contributed by atoms with Crippen LogP contribution in [0.5, 0.6) is 0 Å².